The summed E-state index contributed by atoms with van der Waals surface area (Å²) in [5, 5.41) is 10.0. The topological polar surface area (TPSA) is 37.3 Å². The normalized spacial score (nSPS) is 50.6. The second-order valence-electron chi connectivity index (χ2n) is 8.78. The predicted octanol–water partition coefficient (Wildman–Crippen LogP) is 4.82. The van der Waals surface area contributed by atoms with Crippen LogP contribution in [-0.2, 0) is 4.79 Å². The molecule has 0 aliphatic heterocycles. The van der Waals surface area contributed by atoms with Crippen molar-refractivity contribution in [1.29, 1.82) is 0 Å². The van der Waals surface area contributed by atoms with Crippen molar-refractivity contribution in [2.75, 3.05) is 0 Å². The van der Waals surface area contributed by atoms with Gasteiger partial charge in [-0.2, -0.15) is 0 Å². The molecule has 22 heavy (non-hydrogen) atoms. The Hall–Kier alpha value is -1.05. The monoisotopic (exact) mass is 300 g/mol. The Kier molecular flexibility index (Phi) is 2.97. The Morgan fingerprint density at radius 2 is 1.91 bits per heavy atom. The highest BCUT2D eigenvalue weighted by Crippen LogP contribution is 2.65. The highest BCUT2D eigenvalue weighted by atomic mass is 16.3. The zero-order valence-corrected chi connectivity index (χ0v) is 14.1. The van der Waals surface area contributed by atoms with Crippen molar-refractivity contribution < 1.29 is 9.90 Å². The molecule has 4 rings (SSSR count). The second-order valence-corrected chi connectivity index (χ2v) is 8.78. The van der Waals surface area contributed by atoms with Crippen LogP contribution in [0.1, 0.15) is 59.3 Å². The summed E-state index contributed by atoms with van der Waals surface area (Å²) in [5.41, 5.74) is 1.70. The molecular formula is C20H28O2. The van der Waals surface area contributed by atoms with Crippen LogP contribution >= 0.6 is 0 Å². The van der Waals surface area contributed by atoms with Gasteiger partial charge in [0.1, 0.15) is 0 Å². The standard InChI is InChI=1S/C20H28O2/c1-12-4-7-15-14-6-5-13-10-17(21)18(22)11-20(13,3)16(14)8-9-19(12,15)2/h10-12,14-16,22H,4-9H2,1-3H3/t12-,14+,15+,16+,19-,20+/m1/s1. The molecule has 4 aliphatic carbocycles. The van der Waals surface area contributed by atoms with Gasteiger partial charge in [0, 0.05) is 5.41 Å². The van der Waals surface area contributed by atoms with Crippen LogP contribution in [0, 0.1) is 34.5 Å². The number of aliphatic hydroxyl groups excluding tert-OH is 1. The lowest BCUT2D eigenvalue weighted by atomic mass is 9.48. The van der Waals surface area contributed by atoms with Crippen LogP contribution in [0.2, 0.25) is 0 Å². The molecule has 0 aromatic carbocycles. The van der Waals surface area contributed by atoms with Crippen molar-refractivity contribution in [2.45, 2.75) is 59.3 Å². The van der Waals surface area contributed by atoms with E-state index in [0.717, 1.165) is 24.2 Å². The van der Waals surface area contributed by atoms with Gasteiger partial charge < -0.3 is 5.11 Å². The highest BCUT2D eigenvalue weighted by Gasteiger charge is 2.57. The number of fused-ring (bicyclic) bond motifs is 5. The van der Waals surface area contributed by atoms with Gasteiger partial charge >= 0.3 is 0 Å². The van der Waals surface area contributed by atoms with E-state index in [-0.39, 0.29) is 17.0 Å². The summed E-state index contributed by atoms with van der Waals surface area (Å²) in [7, 11) is 0. The average Bonchev–Trinajstić information content (AvgIpc) is 2.77. The molecule has 2 heteroatoms. The molecule has 2 nitrogen and oxygen atoms in total. The Morgan fingerprint density at radius 3 is 2.68 bits per heavy atom. The summed E-state index contributed by atoms with van der Waals surface area (Å²) in [6.07, 6.45) is 11.2. The maximum absolute atomic E-state index is 11.8. The molecule has 0 unspecified atom stereocenters. The summed E-state index contributed by atoms with van der Waals surface area (Å²) >= 11 is 0. The molecule has 0 amide bonds. The third-order valence-corrected chi connectivity index (χ3v) is 8.11. The van der Waals surface area contributed by atoms with Gasteiger partial charge in [0.2, 0.25) is 5.78 Å². The molecule has 3 saturated carbocycles. The third-order valence-electron chi connectivity index (χ3n) is 8.11. The molecule has 3 fully saturated rings. The van der Waals surface area contributed by atoms with Gasteiger partial charge in [0.05, 0.1) is 0 Å². The quantitative estimate of drug-likeness (QED) is 0.696. The maximum Gasteiger partial charge on any atom is 0.219 e. The molecule has 0 spiro atoms. The van der Waals surface area contributed by atoms with Gasteiger partial charge in [-0.3, -0.25) is 4.79 Å². The second kappa shape index (κ2) is 4.49. The smallest absolute Gasteiger partial charge is 0.219 e. The van der Waals surface area contributed by atoms with Crippen molar-refractivity contribution in [3.63, 3.8) is 0 Å². The first-order valence-electron chi connectivity index (χ1n) is 9.03. The zero-order valence-electron chi connectivity index (χ0n) is 14.1. The zero-order chi connectivity index (χ0) is 15.7. The van der Waals surface area contributed by atoms with Crippen molar-refractivity contribution >= 4 is 5.78 Å². The lowest BCUT2D eigenvalue weighted by Crippen LogP contribution is -2.49. The molecule has 0 bridgehead atoms. The van der Waals surface area contributed by atoms with E-state index >= 15 is 0 Å². The van der Waals surface area contributed by atoms with E-state index in [2.05, 4.69) is 20.8 Å². The van der Waals surface area contributed by atoms with Gasteiger partial charge in [0.15, 0.2) is 5.76 Å². The summed E-state index contributed by atoms with van der Waals surface area (Å²) in [6, 6.07) is 0. The summed E-state index contributed by atoms with van der Waals surface area (Å²) < 4.78 is 0. The SMILES string of the molecule is C[C@@H]1CC[C@H]2[C@@H]3CCC4=CC(=O)C(O)=C[C@]4(C)[C@H]3CC[C@]12C. The van der Waals surface area contributed by atoms with E-state index in [1.807, 2.05) is 6.08 Å². The summed E-state index contributed by atoms with van der Waals surface area (Å²) in [5.74, 6) is 2.84. The number of allylic oxidation sites excluding steroid dienone is 3. The van der Waals surface area contributed by atoms with Gasteiger partial charge in [-0.05, 0) is 79.8 Å². The minimum absolute atomic E-state index is 0.0278. The van der Waals surface area contributed by atoms with Crippen LogP contribution in [0.3, 0.4) is 0 Å². The van der Waals surface area contributed by atoms with Crippen molar-refractivity contribution in [3.05, 3.63) is 23.5 Å². The first-order valence-corrected chi connectivity index (χ1v) is 9.03. The summed E-state index contributed by atoms with van der Waals surface area (Å²) in [4.78, 5) is 11.8. The predicted molar refractivity (Wildman–Crippen MR) is 87.4 cm³/mol. The van der Waals surface area contributed by atoms with Crippen molar-refractivity contribution in [2.24, 2.45) is 34.5 Å². The van der Waals surface area contributed by atoms with Gasteiger partial charge in [-0.15, -0.1) is 0 Å². The molecule has 0 radical (unpaired) electrons. The lowest BCUT2D eigenvalue weighted by Gasteiger charge is -2.56. The minimum Gasteiger partial charge on any atom is -0.504 e. The Balaban J connectivity index is 1.72. The van der Waals surface area contributed by atoms with Gasteiger partial charge in [0.25, 0.3) is 0 Å². The molecule has 4 aliphatic rings. The van der Waals surface area contributed by atoms with Crippen molar-refractivity contribution in [3.8, 4) is 0 Å². The summed E-state index contributed by atoms with van der Waals surface area (Å²) in [6.45, 7) is 7.23. The first-order chi connectivity index (χ1) is 10.4. The van der Waals surface area contributed by atoms with E-state index in [1.165, 1.54) is 37.7 Å². The molecular weight excluding hydrogens is 272 g/mol. The first kappa shape index (κ1) is 14.5. The van der Waals surface area contributed by atoms with Crippen LogP contribution in [-0.4, -0.2) is 10.9 Å². The van der Waals surface area contributed by atoms with E-state index in [9.17, 15) is 9.90 Å². The fraction of sp³-hybridized carbons (Fsp3) is 0.750. The van der Waals surface area contributed by atoms with Gasteiger partial charge in [-0.25, -0.2) is 0 Å². The highest BCUT2D eigenvalue weighted by molar-refractivity contribution is 6.04. The van der Waals surface area contributed by atoms with Crippen LogP contribution in [0.5, 0.6) is 0 Å². The molecule has 0 heterocycles. The Bertz CT molecular complexity index is 587. The van der Waals surface area contributed by atoms with Crippen LogP contribution in [0.25, 0.3) is 0 Å². The number of ketones is 1. The number of aliphatic hydroxyl groups is 1. The number of hydrogen-bond donors (Lipinski definition) is 1. The van der Waals surface area contributed by atoms with E-state index < -0.39 is 0 Å². The Morgan fingerprint density at radius 1 is 1.14 bits per heavy atom. The van der Waals surface area contributed by atoms with Crippen LogP contribution < -0.4 is 0 Å². The maximum atomic E-state index is 11.8. The fourth-order valence-corrected chi connectivity index (χ4v) is 6.54. The van der Waals surface area contributed by atoms with Crippen LogP contribution in [0.4, 0.5) is 0 Å². The van der Waals surface area contributed by atoms with E-state index in [1.54, 1.807) is 6.08 Å². The van der Waals surface area contributed by atoms with Crippen LogP contribution in [0.15, 0.2) is 23.5 Å². The average molecular weight is 300 g/mol. The van der Waals surface area contributed by atoms with Gasteiger partial charge in [-0.1, -0.05) is 26.3 Å². The largest absolute Gasteiger partial charge is 0.504 e. The minimum atomic E-state index is -0.193. The third kappa shape index (κ3) is 1.70. The van der Waals surface area contributed by atoms with E-state index in [4.69, 9.17) is 0 Å². The molecule has 6 atom stereocenters. The number of hydrogen-bond acceptors (Lipinski definition) is 2. The fourth-order valence-electron chi connectivity index (χ4n) is 6.54. The Labute approximate surface area is 133 Å². The van der Waals surface area contributed by atoms with E-state index in [0.29, 0.717) is 11.3 Å². The molecule has 120 valence electrons. The number of rotatable bonds is 0. The lowest BCUT2D eigenvalue weighted by molar-refractivity contribution is -0.114. The number of carbonyl (C=O) groups excluding carboxylic acids is 1. The molecule has 0 saturated heterocycles. The van der Waals surface area contributed by atoms with Crippen molar-refractivity contribution in [1.82, 2.24) is 0 Å². The molecule has 0 aromatic heterocycles. The molecule has 1 N–H and O–H groups in total. The number of carbonyl (C=O) groups is 1. The molecule has 0 aromatic rings.